The van der Waals surface area contributed by atoms with Crippen molar-refractivity contribution in [2.45, 2.75) is 66.5 Å². The number of nitriles is 2. The van der Waals surface area contributed by atoms with Gasteiger partial charge in [-0.3, -0.25) is 14.2 Å². The van der Waals surface area contributed by atoms with Gasteiger partial charge in [-0.1, -0.05) is 27.2 Å². The lowest BCUT2D eigenvalue weighted by molar-refractivity contribution is -0.116. The molecule has 0 aliphatic heterocycles. The van der Waals surface area contributed by atoms with Crippen LogP contribution in [0.4, 0.5) is 5.00 Å². The molecule has 0 fully saturated rings. The average molecular weight is 454 g/mol. The first-order chi connectivity index (χ1) is 15.2. The Kier molecular flexibility index (Phi) is 6.71. The Morgan fingerprint density at radius 1 is 1.28 bits per heavy atom. The van der Waals surface area contributed by atoms with Crippen molar-refractivity contribution in [1.82, 2.24) is 9.13 Å². The van der Waals surface area contributed by atoms with Gasteiger partial charge in [-0.05, 0) is 43.1 Å². The first-order valence-corrected chi connectivity index (χ1v) is 11.6. The van der Waals surface area contributed by atoms with Gasteiger partial charge in [-0.15, -0.1) is 11.3 Å². The fourth-order valence-corrected chi connectivity index (χ4v) is 5.45. The number of carbonyl (C=O) groups is 1. The molecule has 32 heavy (non-hydrogen) atoms. The van der Waals surface area contributed by atoms with E-state index in [0.717, 1.165) is 40.7 Å². The molecule has 1 atom stereocenters. The minimum absolute atomic E-state index is 0.198. The molecular formula is C23H27N5O3S. The van der Waals surface area contributed by atoms with Gasteiger partial charge in [-0.25, -0.2) is 9.36 Å². The summed E-state index contributed by atoms with van der Waals surface area (Å²) in [6.45, 7) is 8.17. The molecular weight excluding hydrogens is 426 g/mol. The second-order valence-corrected chi connectivity index (χ2v) is 9.87. The number of hydrogen-bond donors (Lipinski definition) is 1. The molecule has 2 heterocycles. The van der Waals surface area contributed by atoms with Gasteiger partial charge in [0.05, 0.1) is 5.56 Å². The number of fused-ring (bicyclic) bond motifs is 1. The van der Waals surface area contributed by atoms with E-state index in [1.54, 1.807) is 13.0 Å². The van der Waals surface area contributed by atoms with Crippen LogP contribution in [0, 0.1) is 34.0 Å². The standard InChI is InChI=1S/C23H27N5O3S/c1-5-23(3,4)15-7-8-16-17(11-25)20(32-18(16)9-15)26-19(29)13-28-21(30)14(10-24)12-27(6-2)22(28)31/h12,15H,5-9,13H2,1-4H3,(H,26,29). The Morgan fingerprint density at radius 2 is 2.00 bits per heavy atom. The lowest BCUT2D eigenvalue weighted by atomic mass is 9.69. The largest absolute Gasteiger partial charge is 0.331 e. The quantitative estimate of drug-likeness (QED) is 0.721. The molecule has 0 spiro atoms. The predicted molar refractivity (Wildman–Crippen MR) is 123 cm³/mol. The molecule has 168 valence electrons. The van der Waals surface area contributed by atoms with E-state index in [0.29, 0.717) is 16.5 Å². The smallest absolute Gasteiger partial charge is 0.315 e. The van der Waals surface area contributed by atoms with E-state index in [-0.39, 0.29) is 17.5 Å². The number of thiophene rings is 1. The summed E-state index contributed by atoms with van der Waals surface area (Å²) in [5.74, 6) is -0.0731. The zero-order valence-electron chi connectivity index (χ0n) is 18.8. The zero-order valence-corrected chi connectivity index (χ0v) is 19.6. The fourth-order valence-electron chi connectivity index (χ4n) is 4.15. The summed E-state index contributed by atoms with van der Waals surface area (Å²) < 4.78 is 1.98. The highest BCUT2D eigenvalue weighted by Gasteiger charge is 2.34. The van der Waals surface area contributed by atoms with Crippen LogP contribution in [0.5, 0.6) is 0 Å². The fraction of sp³-hybridized carbons (Fsp3) is 0.522. The molecule has 3 rings (SSSR count). The number of anilines is 1. The summed E-state index contributed by atoms with van der Waals surface area (Å²) >= 11 is 1.40. The summed E-state index contributed by atoms with van der Waals surface area (Å²) in [6.07, 6.45) is 4.94. The number of aryl methyl sites for hydroxylation is 1. The van der Waals surface area contributed by atoms with Crippen LogP contribution in [0.1, 0.15) is 62.1 Å². The molecule has 1 unspecified atom stereocenters. The van der Waals surface area contributed by atoms with Crippen molar-refractivity contribution in [3.63, 3.8) is 0 Å². The normalized spacial score (nSPS) is 15.5. The molecule has 1 N–H and O–H groups in total. The van der Waals surface area contributed by atoms with Crippen LogP contribution in [0.15, 0.2) is 15.8 Å². The Labute approximate surface area is 190 Å². The maximum Gasteiger partial charge on any atom is 0.331 e. The average Bonchev–Trinajstić information content (AvgIpc) is 3.12. The van der Waals surface area contributed by atoms with Gasteiger partial charge in [0.25, 0.3) is 5.56 Å². The summed E-state index contributed by atoms with van der Waals surface area (Å²) in [7, 11) is 0. The van der Waals surface area contributed by atoms with E-state index in [9.17, 15) is 19.6 Å². The molecule has 1 aliphatic rings. The zero-order chi connectivity index (χ0) is 23.6. The van der Waals surface area contributed by atoms with Gasteiger partial charge >= 0.3 is 5.69 Å². The maximum absolute atomic E-state index is 12.7. The Balaban J connectivity index is 1.88. The first-order valence-electron chi connectivity index (χ1n) is 10.8. The van der Waals surface area contributed by atoms with E-state index in [4.69, 9.17) is 5.26 Å². The SMILES string of the molecule is CCn1cc(C#N)c(=O)n(CC(=O)Nc2sc3c(c2C#N)CCC(C(C)(C)CC)C3)c1=O. The molecule has 2 aromatic rings. The van der Waals surface area contributed by atoms with Crippen LogP contribution in [0.3, 0.4) is 0 Å². The van der Waals surface area contributed by atoms with Crippen molar-refractivity contribution < 1.29 is 4.79 Å². The molecule has 0 saturated carbocycles. The highest BCUT2D eigenvalue weighted by Crippen LogP contribution is 2.45. The molecule has 0 saturated heterocycles. The van der Waals surface area contributed by atoms with E-state index in [1.165, 1.54) is 22.1 Å². The number of hydrogen-bond acceptors (Lipinski definition) is 6. The molecule has 2 aromatic heterocycles. The highest BCUT2D eigenvalue weighted by molar-refractivity contribution is 7.16. The Morgan fingerprint density at radius 3 is 2.59 bits per heavy atom. The minimum Gasteiger partial charge on any atom is -0.315 e. The molecule has 1 aliphatic carbocycles. The molecule has 9 heteroatoms. The van der Waals surface area contributed by atoms with Crippen LogP contribution < -0.4 is 16.6 Å². The monoisotopic (exact) mass is 453 g/mol. The van der Waals surface area contributed by atoms with E-state index in [2.05, 4.69) is 32.2 Å². The summed E-state index contributed by atoms with van der Waals surface area (Å²) in [5, 5.41) is 22.1. The molecule has 0 bridgehead atoms. The van der Waals surface area contributed by atoms with E-state index in [1.807, 2.05) is 0 Å². The topological polar surface area (TPSA) is 121 Å². The molecule has 0 aromatic carbocycles. The Hall–Kier alpha value is -3.17. The van der Waals surface area contributed by atoms with Gasteiger partial charge in [0.15, 0.2) is 0 Å². The molecule has 0 radical (unpaired) electrons. The van der Waals surface area contributed by atoms with Crippen molar-refractivity contribution in [1.29, 1.82) is 10.5 Å². The van der Waals surface area contributed by atoms with E-state index >= 15 is 0 Å². The van der Waals surface area contributed by atoms with Gasteiger partial charge in [0.1, 0.15) is 29.2 Å². The van der Waals surface area contributed by atoms with Crippen molar-refractivity contribution in [3.05, 3.63) is 48.6 Å². The predicted octanol–water partition coefficient (Wildman–Crippen LogP) is 3.01. The summed E-state index contributed by atoms with van der Waals surface area (Å²) in [6, 6.07) is 3.98. The lowest BCUT2D eigenvalue weighted by Gasteiger charge is -2.36. The number of carbonyl (C=O) groups excluding carboxylic acids is 1. The van der Waals surface area contributed by atoms with Crippen LogP contribution in [0.2, 0.25) is 0 Å². The molecule has 8 nitrogen and oxygen atoms in total. The van der Waals surface area contributed by atoms with Gasteiger partial charge in [0.2, 0.25) is 5.91 Å². The maximum atomic E-state index is 12.7. The summed E-state index contributed by atoms with van der Waals surface area (Å²) in [5.41, 5.74) is 0.00999. The summed E-state index contributed by atoms with van der Waals surface area (Å²) in [4.78, 5) is 38.8. The highest BCUT2D eigenvalue weighted by atomic mass is 32.1. The first kappa shape index (κ1) is 23.5. The second-order valence-electron chi connectivity index (χ2n) is 8.76. The van der Waals surface area contributed by atoms with Gasteiger partial charge in [-0.2, -0.15) is 10.5 Å². The minimum atomic E-state index is -0.798. The third-order valence-corrected chi connectivity index (χ3v) is 7.82. The third-order valence-electron chi connectivity index (χ3n) is 6.65. The number of amides is 1. The van der Waals surface area contributed by atoms with Crippen LogP contribution >= 0.6 is 11.3 Å². The second kappa shape index (κ2) is 9.13. The van der Waals surface area contributed by atoms with Crippen molar-refractivity contribution >= 4 is 22.2 Å². The molecule has 1 amide bonds. The number of aromatic nitrogens is 2. The third kappa shape index (κ3) is 4.26. The van der Waals surface area contributed by atoms with Gasteiger partial charge in [0, 0.05) is 17.6 Å². The van der Waals surface area contributed by atoms with Crippen LogP contribution in [0.25, 0.3) is 0 Å². The number of nitrogens with one attached hydrogen (secondary N) is 1. The van der Waals surface area contributed by atoms with E-state index < -0.39 is 23.7 Å². The van der Waals surface area contributed by atoms with Crippen LogP contribution in [-0.2, 0) is 30.7 Å². The Bertz CT molecular complexity index is 1250. The van der Waals surface area contributed by atoms with Gasteiger partial charge < -0.3 is 5.32 Å². The van der Waals surface area contributed by atoms with Crippen molar-refractivity contribution in [2.24, 2.45) is 11.3 Å². The lowest BCUT2D eigenvalue weighted by Crippen LogP contribution is -2.43. The number of rotatable bonds is 6. The van der Waals surface area contributed by atoms with Crippen molar-refractivity contribution in [3.8, 4) is 12.1 Å². The number of nitrogens with zero attached hydrogens (tertiary/aromatic N) is 4. The van der Waals surface area contributed by atoms with Crippen molar-refractivity contribution in [2.75, 3.05) is 5.32 Å². The van der Waals surface area contributed by atoms with Crippen LogP contribution in [-0.4, -0.2) is 15.0 Å².